The molecule has 1 amide bonds. The fraction of sp³-hybridized carbons (Fsp3) is 0.579. The Kier molecular flexibility index (Phi) is 5.56. The predicted molar refractivity (Wildman–Crippen MR) is 104 cm³/mol. The molecule has 0 radical (unpaired) electrons. The van der Waals surface area contributed by atoms with E-state index in [0.717, 1.165) is 58.4 Å². The molecule has 0 saturated carbocycles. The van der Waals surface area contributed by atoms with Crippen LogP contribution in [0.2, 0.25) is 0 Å². The number of hydrogen-bond acceptors (Lipinski definition) is 6. The number of rotatable bonds is 3. The van der Waals surface area contributed by atoms with Crippen LogP contribution in [0.1, 0.15) is 58.6 Å². The van der Waals surface area contributed by atoms with E-state index in [1.807, 2.05) is 0 Å². The van der Waals surface area contributed by atoms with Crippen LogP contribution in [0.3, 0.4) is 0 Å². The van der Waals surface area contributed by atoms with Crippen LogP contribution in [-0.2, 0) is 23.9 Å². The molecular weight excluding hydrogens is 419 g/mol. The third kappa shape index (κ3) is 4.07. The SMILES string of the molecule is Cc1cc(C(F)(F)F)nn1CC(=O)N1CCC(c2nc3c(s2)CCCC3=NO)CC1. The van der Waals surface area contributed by atoms with Gasteiger partial charge in [0.2, 0.25) is 5.91 Å². The van der Waals surface area contributed by atoms with Crippen LogP contribution in [0.5, 0.6) is 0 Å². The van der Waals surface area contributed by atoms with Gasteiger partial charge in [0, 0.05) is 29.6 Å². The minimum atomic E-state index is -4.52. The third-order valence-electron chi connectivity index (χ3n) is 5.68. The van der Waals surface area contributed by atoms with Gasteiger partial charge in [0.25, 0.3) is 0 Å². The lowest BCUT2D eigenvalue weighted by Crippen LogP contribution is -2.40. The molecule has 2 aromatic heterocycles. The molecule has 0 spiro atoms. The molecule has 3 heterocycles. The molecule has 0 aromatic carbocycles. The molecule has 0 bridgehead atoms. The fourth-order valence-electron chi connectivity index (χ4n) is 3.98. The van der Waals surface area contributed by atoms with Crippen molar-refractivity contribution in [1.29, 1.82) is 0 Å². The summed E-state index contributed by atoms with van der Waals surface area (Å²) in [6.45, 7) is 2.37. The Morgan fingerprint density at radius 3 is 2.70 bits per heavy atom. The average molecular weight is 441 g/mol. The van der Waals surface area contributed by atoms with Crippen LogP contribution in [0.15, 0.2) is 11.2 Å². The van der Waals surface area contributed by atoms with Crippen molar-refractivity contribution in [2.45, 2.75) is 57.7 Å². The number of aryl methyl sites for hydroxylation is 2. The fourth-order valence-corrected chi connectivity index (χ4v) is 5.28. The number of alkyl halides is 3. The van der Waals surface area contributed by atoms with Crippen molar-refractivity contribution < 1.29 is 23.2 Å². The summed E-state index contributed by atoms with van der Waals surface area (Å²) >= 11 is 1.65. The van der Waals surface area contributed by atoms with E-state index in [2.05, 4.69) is 10.3 Å². The second-order valence-electron chi connectivity index (χ2n) is 7.71. The van der Waals surface area contributed by atoms with Gasteiger partial charge in [-0.2, -0.15) is 18.3 Å². The van der Waals surface area contributed by atoms with Gasteiger partial charge >= 0.3 is 6.18 Å². The number of thiazole rings is 1. The van der Waals surface area contributed by atoms with Gasteiger partial charge in [0.05, 0.1) is 5.01 Å². The maximum atomic E-state index is 12.8. The molecule has 1 fully saturated rings. The highest BCUT2D eigenvalue weighted by atomic mass is 32.1. The van der Waals surface area contributed by atoms with Crippen molar-refractivity contribution in [3.63, 3.8) is 0 Å². The van der Waals surface area contributed by atoms with Crippen molar-refractivity contribution in [2.75, 3.05) is 13.1 Å². The van der Waals surface area contributed by atoms with E-state index >= 15 is 0 Å². The minimum Gasteiger partial charge on any atom is -0.411 e. The van der Waals surface area contributed by atoms with E-state index in [-0.39, 0.29) is 18.4 Å². The molecule has 0 unspecified atom stereocenters. The van der Waals surface area contributed by atoms with Crippen molar-refractivity contribution in [3.8, 4) is 0 Å². The van der Waals surface area contributed by atoms with Gasteiger partial charge in [-0.25, -0.2) is 4.98 Å². The van der Waals surface area contributed by atoms with Gasteiger partial charge in [-0.1, -0.05) is 5.16 Å². The first-order valence-electron chi connectivity index (χ1n) is 9.86. The first kappa shape index (κ1) is 20.8. The van der Waals surface area contributed by atoms with E-state index in [0.29, 0.717) is 24.5 Å². The number of hydrogen-bond donors (Lipinski definition) is 1. The van der Waals surface area contributed by atoms with E-state index in [1.54, 1.807) is 16.2 Å². The summed E-state index contributed by atoms with van der Waals surface area (Å²) in [5.41, 5.74) is 0.765. The summed E-state index contributed by atoms with van der Waals surface area (Å²) in [6, 6.07) is 0.952. The highest BCUT2D eigenvalue weighted by molar-refractivity contribution is 7.12. The van der Waals surface area contributed by atoms with Crippen LogP contribution in [0.4, 0.5) is 13.2 Å². The number of carbonyl (C=O) groups is 1. The first-order valence-corrected chi connectivity index (χ1v) is 10.7. The Morgan fingerprint density at radius 1 is 1.33 bits per heavy atom. The lowest BCUT2D eigenvalue weighted by molar-refractivity contribution is -0.142. The van der Waals surface area contributed by atoms with Gasteiger partial charge in [-0.15, -0.1) is 11.3 Å². The third-order valence-corrected chi connectivity index (χ3v) is 6.96. The van der Waals surface area contributed by atoms with E-state index in [4.69, 9.17) is 4.98 Å². The normalized spacial score (nSPS) is 19.3. The van der Waals surface area contributed by atoms with Crippen LogP contribution in [0, 0.1) is 6.92 Å². The number of fused-ring (bicyclic) bond motifs is 1. The van der Waals surface area contributed by atoms with Crippen molar-refractivity contribution >= 4 is 23.0 Å². The molecule has 1 aliphatic carbocycles. The summed E-state index contributed by atoms with van der Waals surface area (Å²) in [5, 5.41) is 17.1. The monoisotopic (exact) mass is 441 g/mol. The molecule has 2 aliphatic rings. The maximum absolute atomic E-state index is 12.8. The number of piperidine rings is 1. The molecule has 162 valence electrons. The number of likely N-dealkylation sites (tertiary alicyclic amines) is 1. The summed E-state index contributed by atoms with van der Waals surface area (Å²) in [7, 11) is 0. The number of nitrogens with zero attached hydrogens (tertiary/aromatic N) is 5. The summed E-state index contributed by atoms with van der Waals surface area (Å²) in [6.07, 6.45) is -0.422. The van der Waals surface area contributed by atoms with E-state index < -0.39 is 11.9 Å². The Bertz CT molecular complexity index is 973. The van der Waals surface area contributed by atoms with Gasteiger partial charge in [-0.3, -0.25) is 9.48 Å². The molecule has 1 aliphatic heterocycles. The Labute approximate surface area is 175 Å². The number of carbonyl (C=O) groups excluding carboxylic acids is 1. The molecule has 1 N–H and O–H groups in total. The predicted octanol–water partition coefficient (Wildman–Crippen LogP) is 3.59. The van der Waals surface area contributed by atoms with Crippen molar-refractivity contribution in [2.24, 2.45) is 5.16 Å². The Morgan fingerprint density at radius 2 is 2.07 bits per heavy atom. The van der Waals surface area contributed by atoms with Gasteiger partial charge in [-0.05, 0) is 45.1 Å². The highest BCUT2D eigenvalue weighted by Gasteiger charge is 2.35. The van der Waals surface area contributed by atoms with Gasteiger partial charge in [0.15, 0.2) is 5.69 Å². The number of aromatic nitrogens is 3. The molecule has 1 saturated heterocycles. The smallest absolute Gasteiger partial charge is 0.411 e. The highest BCUT2D eigenvalue weighted by Crippen LogP contribution is 2.35. The zero-order chi connectivity index (χ0) is 21.5. The quantitative estimate of drug-likeness (QED) is 0.583. The molecule has 11 heteroatoms. The Hall–Kier alpha value is -2.43. The van der Waals surface area contributed by atoms with E-state index in [9.17, 15) is 23.2 Å². The average Bonchev–Trinajstić information content (AvgIpc) is 3.31. The zero-order valence-corrected chi connectivity index (χ0v) is 17.3. The second kappa shape index (κ2) is 8.01. The zero-order valence-electron chi connectivity index (χ0n) is 16.4. The van der Waals surface area contributed by atoms with Crippen molar-refractivity contribution in [1.82, 2.24) is 19.7 Å². The minimum absolute atomic E-state index is 0.200. The molecule has 7 nitrogen and oxygen atoms in total. The molecule has 30 heavy (non-hydrogen) atoms. The maximum Gasteiger partial charge on any atom is 0.435 e. The van der Waals surface area contributed by atoms with Crippen LogP contribution >= 0.6 is 11.3 Å². The largest absolute Gasteiger partial charge is 0.435 e. The van der Waals surface area contributed by atoms with Crippen molar-refractivity contribution in [3.05, 3.63) is 33.0 Å². The molecule has 4 rings (SSSR count). The number of oxime groups is 1. The van der Waals surface area contributed by atoms with Crippen LogP contribution in [-0.4, -0.2) is 49.6 Å². The van der Waals surface area contributed by atoms with Gasteiger partial charge < -0.3 is 10.1 Å². The standard InChI is InChI=1S/C19H22F3N5O2S/c1-11-9-15(19(20,21)22)24-27(11)10-16(28)26-7-5-12(6-8-26)18-23-17-13(25-29)3-2-4-14(17)30-18/h9,12,29H,2-8,10H2,1H3. The summed E-state index contributed by atoms with van der Waals surface area (Å²) in [5.74, 6) is -0.00521. The molecular formula is C19H22F3N5O2S. The lowest BCUT2D eigenvalue weighted by atomic mass is 9.97. The van der Waals surface area contributed by atoms with Crippen LogP contribution in [0.25, 0.3) is 0 Å². The Balaban J connectivity index is 1.38. The lowest BCUT2D eigenvalue weighted by Gasteiger charge is -2.31. The molecule has 0 atom stereocenters. The summed E-state index contributed by atoms with van der Waals surface area (Å²) in [4.78, 5) is 20.1. The van der Waals surface area contributed by atoms with Crippen LogP contribution < -0.4 is 0 Å². The van der Waals surface area contributed by atoms with E-state index in [1.165, 1.54) is 6.92 Å². The molecule has 2 aromatic rings. The second-order valence-corrected chi connectivity index (χ2v) is 8.82. The number of halogens is 3. The topological polar surface area (TPSA) is 83.6 Å². The van der Waals surface area contributed by atoms with Gasteiger partial charge in [0.1, 0.15) is 18.0 Å². The first-order chi connectivity index (χ1) is 14.3. The summed E-state index contributed by atoms with van der Waals surface area (Å²) < 4.78 is 39.6. The number of amides is 1.